The predicted molar refractivity (Wildman–Crippen MR) is 143 cm³/mol. The maximum atomic E-state index is 13.1. The summed E-state index contributed by atoms with van der Waals surface area (Å²) in [5.41, 5.74) is 3.00. The molecule has 0 radical (unpaired) electrons. The van der Waals surface area contributed by atoms with Crippen molar-refractivity contribution in [3.05, 3.63) is 59.3 Å². The molecular formula is C28H36N4O5. The van der Waals surface area contributed by atoms with E-state index in [1.807, 2.05) is 19.9 Å². The normalized spacial score (nSPS) is 11.1. The second kappa shape index (κ2) is 12.4. The van der Waals surface area contributed by atoms with Crippen LogP contribution in [-0.4, -0.2) is 72.1 Å². The van der Waals surface area contributed by atoms with E-state index in [1.54, 1.807) is 49.2 Å². The average Bonchev–Trinajstić information content (AvgIpc) is 3.35. The van der Waals surface area contributed by atoms with Gasteiger partial charge in [0, 0.05) is 18.7 Å². The van der Waals surface area contributed by atoms with Gasteiger partial charge in [-0.3, -0.25) is 4.79 Å². The number of nitrogens with one attached hydrogen (secondary N) is 1. The molecule has 37 heavy (non-hydrogen) atoms. The van der Waals surface area contributed by atoms with E-state index in [2.05, 4.69) is 29.2 Å². The van der Waals surface area contributed by atoms with Gasteiger partial charge in [-0.25, -0.2) is 9.48 Å². The molecule has 1 aromatic heterocycles. The van der Waals surface area contributed by atoms with E-state index < -0.39 is 5.97 Å². The third-order valence-electron chi connectivity index (χ3n) is 6.37. The Morgan fingerprint density at radius 1 is 1.05 bits per heavy atom. The van der Waals surface area contributed by atoms with E-state index in [0.29, 0.717) is 40.6 Å². The number of nitrogens with zero attached hydrogens (tertiary/aromatic N) is 3. The van der Waals surface area contributed by atoms with Crippen molar-refractivity contribution in [2.75, 3.05) is 40.4 Å². The number of ether oxygens (including phenoxy) is 2. The molecule has 0 saturated heterocycles. The van der Waals surface area contributed by atoms with Gasteiger partial charge in [-0.1, -0.05) is 33.8 Å². The predicted octanol–water partition coefficient (Wildman–Crippen LogP) is 4.45. The Labute approximate surface area is 218 Å². The molecule has 0 saturated carbocycles. The van der Waals surface area contributed by atoms with Crippen molar-refractivity contribution in [3.63, 3.8) is 0 Å². The molecule has 9 nitrogen and oxygen atoms in total. The zero-order chi connectivity index (χ0) is 27.1. The summed E-state index contributed by atoms with van der Waals surface area (Å²) < 4.78 is 12.7. The number of aromatic nitrogens is 2. The number of likely N-dealkylation sites (N-methyl/N-ethyl adjacent to an activating group) is 1. The Morgan fingerprint density at radius 2 is 1.70 bits per heavy atom. The maximum absolute atomic E-state index is 13.1. The highest BCUT2D eigenvalue weighted by Crippen LogP contribution is 2.40. The zero-order valence-corrected chi connectivity index (χ0v) is 22.4. The standard InChI is InChI=1S/C28H36N4O5/c1-7-31(8-2)15-14-29-27(33)20-13-12-19(16-21(20)18(3)4)32-23(17-22(30-32)28(34)35)26-24(36-5)10-9-11-25(26)37-6/h9-13,16-18H,7-8,14-15H2,1-6H3,(H,29,33)(H,34,35). The largest absolute Gasteiger partial charge is 0.496 e. The second-order valence-corrected chi connectivity index (χ2v) is 8.88. The van der Waals surface area contributed by atoms with Gasteiger partial charge < -0.3 is 24.8 Å². The average molecular weight is 509 g/mol. The van der Waals surface area contributed by atoms with Crippen molar-refractivity contribution in [2.45, 2.75) is 33.6 Å². The summed E-state index contributed by atoms with van der Waals surface area (Å²) in [6.45, 7) is 11.4. The van der Waals surface area contributed by atoms with Crippen LogP contribution in [-0.2, 0) is 0 Å². The Hall–Kier alpha value is -3.85. The van der Waals surface area contributed by atoms with E-state index in [1.165, 1.54) is 6.07 Å². The number of carboxylic acid groups (broad SMARTS) is 1. The molecule has 2 aromatic carbocycles. The molecule has 3 aromatic rings. The van der Waals surface area contributed by atoms with Crippen LogP contribution in [0.25, 0.3) is 16.9 Å². The molecule has 2 N–H and O–H groups in total. The lowest BCUT2D eigenvalue weighted by Crippen LogP contribution is -2.35. The highest BCUT2D eigenvalue weighted by molar-refractivity contribution is 5.96. The molecule has 1 heterocycles. The lowest BCUT2D eigenvalue weighted by atomic mass is 9.95. The molecule has 0 aliphatic rings. The first-order valence-corrected chi connectivity index (χ1v) is 12.4. The summed E-state index contributed by atoms with van der Waals surface area (Å²) in [5.74, 6) is -0.207. The SMILES string of the molecule is CCN(CC)CCNC(=O)c1ccc(-n2nc(C(=O)O)cc2-c2c(OC)cccc2OC)cc1C(C)C. The van der Waals surface area contributed by atoms with Crippen LogP contribution in [0, 0.1) is 0 Å². The first kappa shape index (κ1) is 27.7. The third-order valence-corrected chi connectivity index (χ3v) is 6.37. The molecule has 3 rings (SSSR count). The Balaban J connectivity index is 2.07. The molecular weight excluding hydrogens is 472 g/mol. The summed E-state index contributed by atoms with van der Waals surface area (Å²) in [4.78, 5) is 27.2. The van der Waals surface area contributed by atoms with E-state index >= 15 is 0 Å². The minimum Gasteiger partial charge on any atom is -0.496 e. The Bertz CT molecular complexity index is 1230. The van der Waals surface area contributed by atoms with Gasteiger partial charge in [-0.05, 0) is 61.0 Å². The van der Waals surface area contributed by atoms with Gasteiger partial charge in [-0.2, -0.15) is 5.10 Å². The lowest BCUT2D eigenvalue weighted by molar-refractivity contribution is 0.0689. The second-order valence-electron chi connectivity index (χ2n) is 8.88. The molecule has 0 atom stereocenters. The van der Waals surface area contributed by atoms with Crippen molar-refractivity contribution in [3.8, 4) is 28.4 Å². The maximum Gasteiger partial charge on any atom is 0.356 e. The van der Waals surface area contributed by atoms with Crippen LogP contribution in [0.4, 0.5) is 0 Å². The van der Waals surface area contributed by atoms with Crippen LogP contribution >= 0.6 is 0 Å². The summed E-state index contributed by atoms with van der Waals surface area (Å²) in [5, 5.41) is 17.1. The summed E-state index contributed by atoms with van der Waals surface area (Å²) >= 11 is 0. The monoisotopic (exact) mass is 508 g/mol. The molecule has 0 aliphatic carbocycles. The van der Waals surface area contributed by atoms with Gasteiger partial charge in [0.2, 0.25) is 0 Å². The number of carbonyl (C=O) groups excluding carboxylic acids is 1. The fourth-order valence-corrected chi connectivity index (χ4v) is 4.29. The summed E-state index contributed by atoms with van der Waals surface area (Å²) in [7, 11) is 3.09. The van der Waals surface area contributed by atoms with Gasteiger partial charge in [0.1, 0.15) is 11.5 Å². The van der Waals surface area contributed by atoms with Crippen molar-refractivity contribution >= 4 is 11.9 Å². The van der Waals surface area contributed by atoms with Crippen molar-refractivity contribution < 1.29 is 24.2 Å². The van der Waals surface area contributed by atoms with E-state index in [0.717, 1.165) is 25.2 Å². The molecule has 0 unspecified atom stereocenters. The number of rotatable bonds is 12. The lowest BCUT2D eigenvalue weighted by Gasteiger charge is -2.19. The molecule has 0 bridgehead atoms. The quantitative estimate of drug-likeness (QED) is 0.372. The van der Waals surface area contributed by atoms with Crippen molar-refractivity contribution in [1.29, 1.82) is 0 Å². The van der Waals surface area contributed by atoms with Gasteiger partial charge >= 0.3 is 5.97 Å². The van der Waals surface area contributed by atoms with Crippen LogP contribution in [0.3, 0.4) is 0 Å². The Kier molecular flexibility index (Phi) is 9.30. The number of hydrogen-bond acceptors (Lipinski definition) is 6. The van der Waals surface area contributed by atoms with Crippen LogP contribution < -0.4 is 14.8 Å². The number of carbonyl (C=O) groups is 2. The van der Waals surface area contributed by atoms with Crippen LogP contribution in [0.2, 0.25) is 0 Å². The zero-order valence-electron chi connectivity index (χ0n) is 22.4. The number of amides is 1. The van der Waals surface area contributed by atoms with E-state index in [4.69, 9.17) is 9.47 Å². The first-order valence-electron chi connectivity index (χ1n) is 12.4. The molecule has 198 valence electrons. The minimum absolute atomic E-state index is 0.0437. The van der Waals surface area contributed by atoms with Crippen LogP contribution in [0.1, 0.15) is 60.0 Å². The Morgan fingerprint density at radius 3 is 2.24 bits per heavy atom. The molecule has 0 fully saturated rings. The number of hydrogen-bond donors (Lipinski definition) is 2. The van der Waals surface area contributed by atoms with Crippen molar-refractivity contribution in [1.82, 2.24) is 20.0 Å². The number of aromatic carboxylic acids is 1. The molecule has 0 aliphatic heterocycles. The molecule has 1 amide bonds. The number of benzene rings is 2. The summed E-state index contributed by atoms with van der Waals surface area (Å²) in [6.07, 6.45) is 0. The van der Waals surface area contributed by atoms with E-state index in [-0.39, 0.29) is 17.5 Å². The number of carboxylic acids is 1. The summed E-state index contributed by atoms with van der Waals surface area (Å²) in [6, 6.07) is 12.3. The first-order chi connectivity index (χ1) is 17.7. The molecule has 0 spiro atoms. The highest BCUT2D eigenvalue weighted by atomic mass is 16.5. The minimum atomic E-state index is -1.15. The van der Waals surface area contributed by atoms with Gasteiger partial charge in [0.05, 0.1) is 31.2 Å². The van der Waals surface area contributed by atoms with Gasteiger partial charge in [0.15, 0.2) is 5.69 Å². The fraction of sp³-hybridized carbons (Fsp3) is 0.393. The van der Waals surface area contributed by atoms with Crippen LogP contribution in [0.5, 0.6) is 11.5 Å². The smallest absolute Gasteiger partial charge is 0.356 e. The molecule has 9 heteroatoms. The van der Waals surface area contributed by atoms with Crippen LogP contribution in [0.15, 0.2) is 42.5 Å². The fourth-order valence-electron chi connectivity index (χ4n) is 4.29. The van der Waals surface area contributed by atoms with E-state index in [9.17, 15) is 14.7 Å². The van der Waals surface area contributed by atoms with Gasteiger partial charge in [0.25, 0.3) is 5.91 Å². The highest BCUT2D eigenvalue weighted by Gasteiger charge is 2.23. The van der Waals surface area contributed by atoms with Crippen molar-refractivity contribution in [2.24, 2.45) is 0 Å². The topological polar surface area (TPSA) is 106 Å². The number of methoxy groups -OCH3 is 2. The van der Waals surface area contributed by atoms with Gasteiger partial charge in [-0.15, -0.1) is 0 Å². The third kappa shape index (κ3) is 6.11.